The molecule has 0 amide bonds. The van der Waals surface area contributed by atoms with Gasteiger partial charge in [-0.2, -0.15) is 0 Å². The molecule has 98 valence electrons. The molecule has 2 N–H and O–H groups in total. The smallest absolute Gasteiger partial charge is 0.307 e. The lowest BCUT2D eigenvalue weighted by atomic mass is 10.0. The van der Waals surface area contributed by atoms with Gasteiger partial charge in [0.1, 0.15) is 13.2 Å². The Labute approximate surface area is 106 Å². The van der Waals surface area contributed by atoms with E-state index >= 15 is 0 Å². The average Bonchev–Trinajstić information content (AvgIpc) is 2.38. The molecule has 2 rings (SSSR count). The highest BCUT2D eigenvalue weighted by Crippen LogP contribution is 2.32. The van der Waals surface area contributed by atoms with E-state index in [1.54, 1.807) is 6.92 Å². The van der Waals surface area contributed by atoms with Crippen LogP contribution in [0.5, 0.6) is 11.5 Å². The van der Waals surface area contributed by atoms with E-state index in [1.807, 2.05) is 18.2 Å². The summed E-state index contributed by atoms with van der Waals surface area (Å²) in [4.78, 5) is 11.4. The van der Waals surface area contributed by atoms with Gasteiger partial charge in [0.2, 0.25) is 0 Å². The van der Waals surface area contributed by atoms with E-state index in [-0.39, 0.29) is 18.4 Å². The zero-order valence-corrected chi connectivity index (χ0v) is 10.3. The van der Waals surface area contributed by atoms with Crippen LogP contribution < -0.4 is 15.2 Å². The van der Waals surface area contributed by atoms with Crippen LogP contribution in [0.1, 0.15) is 24.9 Å². The quantitative estimate of drug-likeness (QED) is 0.819. The fraction of sp³-hybridized carbons (Fsp3) is 0.462. The molecule has 1 heterocycles. The van der Waals surface area contributed by atoms with Gasteiger partial charge < -0.3 is 19.9 Å². The molecular formula is C13H17NO4. The standard InChI is InChI=1S/C13H17NO4/c1-2-16-13(15)8-10(14)9-3-4-11-12(7-9)18-6-5-17-11/h3-4,7,10H,2,5-6,8,14H2,1H3/t10-/m1/s1. The first-order chi connectivity index (χ1) is 8.70. The van der Waals surface area contributed by atoms with Gasteiger partial charge in [0.15, 0.2) is 11.5 Å². The summed E-state index contributed by atoms with van der Waals surface area (Å²) in [6.07, 6.45) is 0.160. The molecule has 0 aromatic heterocycles. The van der Waals surface area contributed by atoms with Crippen molar-refractivity contribution < 1.29 is 19.0 Å². The molecule has 1 aliphatic rings. The van der Waals surface area contributed by atoms with Gasteiger partial charge in [0, 0.05) is 6.04 Å². The predicted molar refractivity (Wildman–Crippen MR) is 65.6 cm³/mol. The first kappa shape index (κ1) is 12.7. The minimum absolute atomic E-state index is 0.160. The molecule has 1 atom stereocenters. The monoisotopic (exact) mass is 251 g/mol. The van der Waals surface area contributed by atoms with Gasteiger partial charge in [0.05, 0.1) is 13.0 Å². The van der Waals surface area contributed by atoms with E-state index in [2.05, 4.69) is 0 Å². The molecule has 0 saturated heterocycles. The Morgan fingerprint density at radius 2 is 2.11 bits per heavy atom. The number of carbonyl (C=O) groups is 1. The fourth-order valence-corrected chi connectivity index (χ4v) is 1.81. The first-order valence-electron chi connectivity index (χ1n) is 6.01. The number of ether oxygens (including phenoxy) is 3. The van der Waals surface area contributed by atoms with Crippen LogP contribution in [0, 0.1) is 0 Å². The molecule has 1 aliphatic heterocycles. The lowest BCUT2D eigenvalue weighted by molar-refractivity contribution is -0.143. The topological polar surface area (TPSA) is 70.8 Å². The van der Waals surface area contributed by atoms with E-state index in [1.165, 1.54) is 0 Å². The van der Waals surface area contributed by atoms with Crippen molar-refractivity contribution in [3.8, 4) is 11.5 Å². The van der Waals surface area contributed by atoms with Crippen molar-refractivity contribution in [3.63, 3.8) is 0 Å². The molecule has 5 heteroatoms. The Morgan fingerprint density at radius 3 is 2.83 bits per heavy atom. The van der Waals surface area contributed by atoms with Crippen LogP contribution >= 0.6 is 0 Å². The molecule has 0 radical (unpaired) electrons. The highest BCUT2D eigenvalue weighted by atomic mass is 16.6. The second-order valence-electron chi connectivity index (χ2n) is 4.02. The fourth-order valence-electron chi connectivity index (χ4n) is 1.81. The average molecular weight is 251 g/mol. The van der Waals surface area contributed by atoms with Crippen molar-refractivity contribution in [1.29, 1.82) is 0 Å². The third-order valence-corrected chi connectivity index (χ3v) is 2.69. The van der Waals surface area contributed by atoms with Gasteiger partial charge >= 0.3 is 5.97 Å². The summed E-state index contributed by atoms with van der Waals surface area (Å²) in [5.74, 6) is 1.10. The molecule has 0 saturated carbocycles. The molecule has 1 aromatic carbocycles. The van der Waals surface area contributed by atoms with Crippen molar-refractivity contribution in [2.75, 3.05) is 19.8 Å². The van der Waals surface area contributed by atoms with Crippen molar-refractivity contribution in [2.45, 2.75) is 19.4 Å². The molecular weight excluding hydrogens is 234 g/mol. The van der Waals surface area contributed by atoms with E-state index in [0.717, 1.165) is 5.56 Å². The molecule has 0 bridgehead atoms. The van der Waals surface area contributed by atoms with Gasteiger partial charge in [-0.15, -0.1) is 0 Å². The van der Waals surface area contributed by atoms with E-state index in [9.17, 15) is 4.79 Å². The summed E-state index contributed by atoms with van der Waals surface area (Å²) in [6.45, 7) is 3.23. The summed E-state index contributed by atoms with van der Waals surface area (Å²) in [6, 6.07) is 5.09. The number of benzene rings is 1. The van der Waals surface area contributed by atoms with Gasteiger partial charge in [-0.3, -0.25) is 4.79 Å². The zero-order chi connectivity index (χ0) is 13.0. The highest BCUT2D eigenvalue weighted by molar-refractivity contribution is 5.70. The Morgan fingerprint density at radius 1 is 1.39 bits per heavy atom. The molecule has 0 aliphatic carbocycles. The van der Waals surface area contributed by atoms with Gasteiger partial charge in [-0.05, 0) is 24.6 Å². The highest BCUT2D eigenvalue weighted by Gasteiger charge is 2.17. The van der Waals surface area contributed by atoms with Crippen LogP contribution in [0.25, 0.3) is 0 Å². The van der Waals surface area contributed by atoms with Crippen molar-refractivity contribution in [1.82, 2.24) is 0 Å². The van der Waals surface area contributed by atoms with Crippen molar-refractivity contribution in [2.24, 2.45) is 5.73 Å². The second kappa shape index (κ2) is 5.73. The predicted octanol–water partition coefficient (Wildman–Crippen LogP) is 1.41. The third-order valence-electron chi connectivity index (χ3n) is 2.69. The van der Waals surface area contributed by atoms with E-state index in [0.29, 0.717) is 31.3 Å². The molecule has 5 nitrogen and oxygen atoms in total. The number of nitrogens with two attached hydrogens (primary N) is 1. The van der Waals surface area contributed by atoms with Crippen LogP contribution in [-0.4, -0.2) is 25.8 Å². The third kappa shape index (κ3) is 2.92. The van der Waals surface area contributed by atoms with E-state index in [4.69, 9.17) is 19.9 Å². The maximum Gasteiger partial charge on any atom is 0.307 e. The molecule has 0 fully saturated rings. The summed E-state index contributed by atoms with van der Waals surface area (Å²) < 4.78 is 15.8. The Bertz CT molecular complexity index is 433. The lowest BCUT2D eigenvalue weighted by Crippen LogP contribution is -2.19. The Kier molecular flexibility index (Phi) is 4.04. The minimum Gasteiger partial charge on any atom is -0.486 e. The van der Waals surface area contributed by atoms with Crippen molar-refractivity contribution >= 4 is 5.97 Å². The molecule has 1 aromatic rings. The van der Waals surface area contributed by atoms with Gasteiger partial charge in [0.25, 0.3) is 0 Å². The van der Waals surface area contributed by atoms with Gasteiger partial charge in [-0.25, -0.2) is 0 Å². The van der Waals surface area contributed by atoms with Crippen LogP contribution in [0.3, 0.4) is 0 Å². The van der Waals surface area contributed by atoms with Gasteiger partial charge in [-0.1, -0.05) is 6.07 Å². The number of carbonyl (C=O) groups excluding carboxylic acids is 1. The minimum atomic E-state index is -0.389. The Balaban J connectivity index is 2.06. The summed E-state index contributed by atoms with van der Waals surface area (Å²) in [5.41, 5.74) is 6.80. The molecule has 0 spiro atoms. The SMILES string of the molecule is CCOC(=O)C[C@@H](N)c1ccc2c(c1)OCCO2. The number of rotatable bonds is 4. The van der Waals surface area contributed by atoms with Crippen LogP contribution in [-0.2, 0) is 9.53 Å². The molecule has 18 heavy (non-hydrogen) atoms. The van der Waals surface area contributed by atoms with Crippen molar-refractivity contribution in [3.05, 3.63) is 23.8 Å². The largest absolute Gasteiger partial charge is 0.486 e. The molecule has 0 unspecified atom stereocenters. The summed E-state index contributed by atoms with van der Waals surface area (Å²) in [7, 11) is 0. The number of fused-ring (bicyclic) bond motifs is 1. The number of hydrogen-bond donors (Lipinski definition) is 1. The second-order valence-corrected chi connectivity index (χ2v) is 4.02. The van der Waals surface area contributed by atoms with Crippen LogP contribution in [0.4, 0.5) is 0 Å². The van der Waals surface area contributed by atoms with Crippen LogP contribution in [0.15, 0.2) is 18.2 Å². The summed E-state index contributed by atoms with van der Waals surface area (Å²) in [5, 5.41) is 0. The summed E-state index contributed by atoms with van der Waals surface area (Å²) >= 11 is 0. The normalized spacial score (nSPS) is 15.0. The first-order valence-corrected chi connectivity index (χ1v) is 6.01. The number of esters is 1. The number of hydrogen-bond acceptors (Lipinski definition) is 5. The Hall–Kier alpha value is -1.75. The zero-order valence-electron chi connectivity index (χ0n) is 10.3. The maximum absolute atomic E-state index is 11.4. The lowest BCUT2D eigenvalue weighted by Gasteiger charge is -2.20. The maximum atomic E-state index is 11.4. The van der Waals surface area contributed by atoms with Crippen LogP contribution in [0.2, 0.25) is 0 Å². The van der Waals surface area contributed by atoms with E-state index < -0.39 is 0 Å².